The lowest BCUT2D eigenvalue weighted by Crippen LogP contribution is -2.16. The molecule has 1 aromatic heterocycles. The molecule has 0 bridgehead atoms. The van der Waals surface area contributed by atoms with Crippen LogP contribution in [0.1, 0.15) is 4.88 Å². The summed E-state index contributed by atoms with van der Waals surface area (Å²) in [5, 5.41) is 0. The number of hydrogen-bond acceptors (Lipinski definition) is 4. The summed E-state index contributed by atoms with van der Waals surface area (Å²) in [7, 11) is 1.44. The molecule has 0 aliphatic heterocycles. The second-order valence-corrected chi connectivity index (χ2v) is 8.09. The lowest BCUT2D eigenvalue weighted by Gasteiger charge is -2.09. The van der Waals surface area contributed by atoms with Crippen LogP contribution >= 0.6 is 22.0 Å². The fraction of sp³-hybridized carbons (Fsp3) is 0.167. The van der Waals surface area contributed by atoms with Gasteiger partial charge in [0, 0.05) is 15.6 Å². The highest BCUT2D eigenvalue weighted by atomic mass is 35.7. The van der Waals surface area contributed by atoms with Gasteiger partial charge < -0.3 is 4.74 Å². The van der Waals surface area contributed by atoms with E-state index < -0.39 is 15.4 Å². The summed E-state index contributed by atoms with van der Waals surface area (Å²) in [6.45, 7) is 1.70. The summed E-state index contributed by atoms with van der Waals surface area (Å²) in [5.74, 6) is -0.343. The number of hydrogen-bond donors (Lipinski definition) is 0. The Bertz CT molecular complexity index is 749. The fourth-order valence-electron chi connectivity index (χ4n) is 1.70. The molecule has 9 heteroatoms. The highest BCUT2D eigenvalue weighted by Gasteiger charge is 2.31. The molecule has 0 amide bonds. The molecular formula is C12H8ClF3O3S2. The van der Waals surface area contributed by atoms with E-state index in [4.69, 9.17) is 10.7 Å². The lowest BCUT2D eigenvalue weighted by molar-refractivity contribution is -0.274. The van der Waals surface area contributed by atoms with E-state index in [0.29, 0.717) is 16.0 Å². The SMILES string of the molecule is Cc1sc(S(=O)(=O)Cl)cc1-c1ccc(OC(F)(F)F)cc1. The number of ether oxygens (including phenoxy) is 1. The molecule has 1 aromatic carbocycles. The van der Waals surface area contributed by atoms with Crippen LogP contribution in [0.15, 0.2) is 34.5 Å². The Morgan fingerprint density at radius 2 is 1.76 bits per heavy atom. The molecule has 3 nitrogen and oxygen atoms in total. The van der Waals surface area contributed by atoms with Gasteiger partial charge in [-0.1, -0.05) is 12.1 Å². The summed E-state index contributed by atoms with van der Waals surface area (Å²) in [6, 6.07) is 6.55. The molecule has 1 heterocycles. The summed E-state index contributed by atoms with van der Waals surface area (Å²) >= 11 is 0.999. The van der Waals surface area contributed by atoms with Gasteiger partial charge >= 0.3 is 6.36 Å². The Morgan fingerprint density at radius 3 is 2.19 bits per heavy atom. The molecule has 0 aliphatic carbocycles. The first-order valence-electron chi connectivity index (χ1n) is 5.47. The quantitative estimate of drug-likeness (QED) is 0.758. The minimum Gasteiger partial charge on any atom is -0.406 e. The van der Waals surface area contributed by atoms with Crippen molar-refractivity contribution in [1.29, 1.82) is 0 Å². The number of thiophene rings is 1. The lowest BCUT2D eigenvalue weighted by atomic mass is 10.1. The molecule has 114 valence electrons. The second-order valence-electron chi connectivity index (χ2n) is 4.05. The van der Waals surface area contributed by atoms with Crippen molar-refractivity contribution in [2.75, 3.05) is 0 Å². The monoisotopic (exact) mass is 356 g/mol. The summed E-state index contributed by atoms with van der Waals surface area (Å²) in [4.78, 5) is 0.693. The first kappa shape index (κ1) is 16.1. The van der Waals surface area contributed by atoms with Crippen LogP contribution in [-0.4, -0.2) is 14.8 Å². The van der Waals surface area contributed by atoms with Gasteiger partial charge in [0.25, 0.3) is 9.05 Å². The minimum absolute atomic E-state index is 0.00714. The van der Waals surface area contributed by atoms with Crippen LogP contribution < -0.4 is 4.74 Å². The van der Waals surface area contributed by atoms with Crippen molar-refractivity contribution in [2.24, 2.45) is 0 Å². The van der Waals surface area contributed by atoms with Crippen LogP contribution in [0.2, 0.25) is 0 Å². The number of alkyl halides is 3. The van der Waals surface area contributed by atoms with Crippen molar-refractivity contribution in [2.45, 2.75) is 17.5 Å². The average molecular weight is 357 g/mol. The van der Waals surface area contributed by atoms with E-state index >= 15 is 0 Å². The predicted octanol–water partition coefficient (Wildman–Crippen LogP) is 4.55. The zero-order valence-corrected chi connectivity index (χ0v) is 12.8. The first-order valence-corrected chi connectivity index (χ1v) is 8.60. The van der Waals surface area contributed by atoms with E-state index in [0.717, 1.165) is 23.5 Å². The van der Waals surface area contributed by atoms with Gasteiger partial charge in [-0.2, -0.15) is 0 Å². The highest BCUT2D eigenvalue weighted by Crippen LogP contribution is 2.35. The molecular weight excluding hydrogens is 349 g/mol. The summed E-state index contributed by atoms with van der Waals surface area (Å²) in [6.07, 6.45) is -4.75. The molecule has 2 rings (SSSR count). The standard InChI is InChI=1S/C12H8ClF3O3S2/c1-7-10(6-11(20-7)21(13,17)18)8-2-4-9(5-3-8)19-12(14,15)16/h2-6H,1H3. The van der Waals surface area contributed by atoms with E-state index in [2.05, 4.69) is 4.74 Å². The zero-order valence-electron chi connectivity index (χ0n) is 10.4. The Morgan fingerprint density at radius 1 is 1.19 bits per heavy atom. The van der Waals surface area contributed by atoms with E-state index in [1.807, 2.05) is 0 Å². The maximum Gasteiger partial charge on any atom is 0.573 e. The molecule has 2 aromatic rings. The van der Waals surface area contributed by atoms with Crippen molar-refractivity contribution in [1.82, 2.24) is 0 Å². The van der Waals surface area contributed by atoms with Gasteiger partial charge in [0.1, 0.15) is 9.96 Å². The molecule has 0 radical (unpaired) electrons. The van der Waals surface area contributed by atoms with Crippen molar-refractivity contribution in [3.05, 3.63) is 35.2 Å². The van der Waals surface area contributed by atoms with Crippen LogP contribution in [0.3, 0.4) is 0 Å². The Hall–Kier alpha value is -1.25. The van der Waals surface area contributed by atoms with Gasteiger partial charge in [0.2, 0.25) is 0 Å². The third kappa shape index (κ3) is 4.12. The minimum atomic E-state index is -4.75. The van der Waals surface area contributed by atoms with Crippen molar-refractivity contribution in [3.63, 3.8) is 0 Å². The highest BCUT2D eigenvalue weighted by molar-refractivity contribution is 8.15. The van der Waals surface area contributed by atoms with Crippen LogP contribution in [-0.2, 0) is 9.05 Å². The molecule has 0 spiro atoms. The number of aryl methyl sites for hydroxylation is 1. The molecule has 21 heavy (non-hydrogen) atoms. The van der Waals surface area contributed by atoms with E-state index in [1.165, 1.54) is 18.2 Å². The van der Waals surface area contributed by atoms with E-state index in [9.17, 15) is 21.6 Å². The molecule has 0 unspecified atom stereocenters. The molecule has 0 N–H and O–H groups in total. The molecule has 0 aliphatic rings. The third-order valence-corrected chi connectivity index (χ3v) is 5.66. The third-order valence-electron chi connectivity index (χ3n) is 2.53. The Kier molecular flexibility index (Phi) is 4.23. The number of benzene rings is 1. The zero-order chi connectivity index (χ0) is 15.8. The van der Waals surface area contributed by atoms with Crippen LogP contribution in [0.4, 0.5) is 13.2 Å². The molecule has 0 saturated carbocycles. The molecule has 0 atom stereocenters. The van der Waals surface area contributed by atoms with Crippen LogP contribution in [0.5, 0.6) is 5.75 Å². The fourth-order valence-corrected chi connectivity index (χ4v) is 3.91. The molecule has 0 fully saturated rings. The van der Waals surface area contributed by atoms with Crippen LogP contribution in [0, 0.1) is 6.92 Å². The Labute approximate surface area is 127 Å². The average Bonchev–Trinajstić information content (AvgIpc) is 2.70. The van der Waals surface area contributed by atoms with Gasteiger partial charge in [-0.05, 0) is 36.2 Å². The largest absolute Gasteiger partial charge is 0.573 e. The van der Waals surface area contributed by atoms with Gasteiger partial charge in [-0.15, -0.1) is 24.5 Å². The van der Waals surface area contributed by atoms with Gasteiger partial charge in [-0.25, -0.2) is 8.42 Å². The topological polar surface area (TPSA) is 43.4 Å². The van der Waals surface area contributed by atoms with Crippen molar-refractivity contribution in [3.8, 4) is 16.9 Å². The van der Waals surface area contributed by atoms with Gasteiger partial charge in [0.05, 0.1) is 0 Å². The maximum atomic E-state index is 12.1. The van der Waals surface area contributed by atoms with Gasteiger partial charge in [-0.3, -0.25) is 0 Å². The Balaban J connectivity index is 2.33. The van der Waals surface area contributed by atoms with E-state index in [-0.39, 0.29) is 9.96 Å². The maximum absolute atomic E-state index is 12.1. The smallest absolute Gasteiger partial charge is 0.406 e. The van der Waals surface area contributed by atoms with Gasteiger partial charge in [0.15, 0.2) is 0 Å². The summed E-state index contributed by atoms with van der Waals surface area (Å²) < 4.78 is 62.5. The molecule has 0 saturated heterocycles. The first-order chi connectivity index (χ1) is 9.56. The second kappa shape index (κ2) is 5.51. The number of rotatable bonds is 3. The van der Waals surface area contributed by atoms with Crippen molar-refractivity contribution < 1.29 is 26.3 Å². The van der Waals surface area contributed by atoms with E-state index in [1.54, 1.807) is 6.92 Å². The van der Waals surface area contributed by atoms with Crippen LogP contribution in [0.25, 0.3) is 11.1 Å². The van der Waals surface area contributed by atoms with Crippen molar-refractivity contribution >= 4 is 31.1 Å². The normalized spacial score (nSPS) is 12.4. The summed E-state index contributed by atoms with van der Waals surface area (Å²) in [5.41, 5.74) is 1.17. The predicted molar refractivity (Wildman–Crippen MR) is 74.2 cm³/mol. The number of halogens is 4.